The molecule has 18 heavy (non-hydrogen) atoms. The Morgan fingerprint density at radius 1 is 1.39 bits per heavy atom. The van der Waals surface area contributed by atoms with Crippen LogP contribution in [0.3, 0.4) is 0 Å². The van der Waals surface area contributed by atoms with Crippen molar-refractivity contribution in [2.45, 2.75) is 13.0 Å². The molecule has 98 valence electrons. The second kappa shape index (κ2) is 5.90. The van der Waals surface area contributed by atoms with Crippen molar-refractivity contribution in [3.8, 4) is 5.75 Å². The van der Waals surface area contributed by atoms with Crippen LogP contribution in [0.15, 0.2) is 18.2 Å². The van der Waals surface area contributed by atoms with Gasteiger partial charge < -0.3 is 21.1 Å². The van der Waals surface area contributed by atoms with Crippen LogP contribution < -0.4 is 21.1 Å². The number of carbonyl (C=O) groups excluding carboxylic acids is 2. The summed E-state index contributed by atoms with van der Waals surface area (Å²) >= 11 is 0. The van der Waals surface area contributed by atoms with Gasteiger partial charge in [-0.15, -0.1) is 0 Å². The quantitative estimate of drug-likeness (QED) is 0.664. The van der Waals surface area contributed by atoms with Crippen molar-refractivity contribution < 1.29 is 14.3 Å². The highest BCUT2D eigenvalue weighted by molar-refractivity contribution is 5.99. The summed E-state index contributed by atoms with van der Waals surface area (Å²) in [6, 6.07) is 4.09. The van der Waals surface area contributed by atoms with E-state index in [0.29, 0.717) is 17.0 Å². The van der Waals surface area contributed by atoms with Crippen LogP contribution in [0.1, 0.15) is 17.3 Å². The lowest BCUT2D eigenvalue weighted by Gasteiger charge is -2.14. The summed E-state index contributed by atoms with van der Waals surface area (Å²) in [5.74, 6) is -0.280. The number of nitrogens with two attached hydrogens (primary N) is 1. The molecule has 0 aliphatic rings. The third-order valence-corrected chi connectivity index (χ3v) is 2.46. The van der Waals surface area contributed by atoms with Gasteiger partial charge in [0.25, 0.3) is 5.91 Å². The van der Waals surface area contributed by atoms with Crippen molar-refractivity contribution in [3.05, 3.63) is 23.8 Å². The normalized spacial score (nSPS) is 11.5. The van der Waals surface area contributed by atoms with Gasteiger partial charge in [-0.25, -0.2) is 0 Å². The molecule has 0 heterocycles. The van der Waals surface area contributed by atoms with E-state index in [2.05, 4.69) is 10.6 Å². The highest BCUT2D eigenvalue weighted by Gasteiger charge is 2.18. The number of amides is 2. The summed E-state index contributed by atoms with van der Waals surface area (Å²) in [5.41, 5.74) is 6.44. The molecule has 0 radical (unpaired) electrons. The summed E-state index contributed by atoms with van der Waals surface area (Å²) in [7, 11) is 2.96. The first-order valence-corrected chi connectivity index (χ1v) is 5.45. The summed E-state index contributed by atoms with van der Waals surface area (Å²) in [4.78, 5) is 23.3. The molecule has 1 atom stereocenters. The van der Waals surface area contributed by atoms with Crippen molar-refractivity contribution >= 4 is 17.5 Å². The SMILES string of the molecule is CNC(=O)C(C)NC(=O)c1ccc(N)cc1OC. The maximum atomic E-state index is 12.0. The second-order valence-corrected chi connectivity index (χ2v) is 3.77. The molecule has 0 bridgehead atoms. The van der Waals surface area contributed by atoms with Crippen molar-refractivity contribution in [2.75, 3.05) is 19.9 Å². The van der Waals surface area contributed by atoms with E-state index in [1.54, 1.807) is 25.1 Å². The molecule has 0 aromatic heterocycles. The van der Waals surface area contributed by atoms with Gasteiger partial charge in [0, 0.05) is 18.8 Å². The number of rotatable bonds is 4. The number of benzene rings is 1. The molecule has 6 nitrogen and oxygen atoms in total. The molecule has 0 spiro atoms. The molecule has 4 N–H and O–H groups in total. The molecule has 0 saturated carbocycles. The zero-order valence-electron chi connectivity index (χ0n) is 10.6. The number of anilines is 1. The minimum Gasteiger partial charge on any atom is -0.496 e. The van der Waals surface area contributed by atoms with Gasteiger partial charge in [-0.1, -0.05) is 0 Å². The third-order valence-electron chi connectivity index (χ3n) is 2.46. The Labute approximate surface area is 105 Å². The Balaban J connectivity index is 2.87. The summed E-state index contributed by atoms with van der Waals surface area (Å²) < 4.78 is 5.07. The van der Waals surface area contributed by atoms with Crippen molar-refractivity contribution in [3.63, 3.8) is 0 Å². The molecule has 2 amide bonds. The predicted octanol–water partition coefficient (Wildman–Crippen LogP) is 0.142. The van der Waals surface area contributed by atoms with Crippen LogP contribution in [0.4, 0.5) is 5.69 Å². The Kier molecular flexibility index (Phi) is 4.53. The first kappa shape index (κ1) is 13.8. The van der Waals surface area contributed by atoms with Crippen LogP contribution in [0.5, 0.6) is 5.75 Å². The highest BCUT2D eigenvalue weighted by Crippen LogP contribution is 2.21. The molecular formula is C12H17N3O3. The first-order chi connectivity index (χ1) is 8.49. The number of methoxy groups -OCH3 is 1. The van der Waals surface area contributed by atoms with Gasteiger partial charge in [0.1, 0.15) is 11.8 Å². The van der Waals surface area contributed by atoms with E-state index >= 15 is 0 Å². The van der Waals surface area contributed by atoms with Gasteiger partial charge in [-0.3, -0.25) is 9.59 Å². The molecule has 6 heteroatoms. The number of hydrogen-bond acceptors (Lipinski definition) is 4. The molecule has 0 fully saturated rings. The standard InChI is InChI=1S/C12H17N3O3/c1-7(11(16)14-2)15-12(17)9-5-4-8(13)6-10(9)18-3/h4-7H,13H2,1-3H3,(H,14,16)(H,15,17). The average Bonchev–Trinajstić information content (AvgIpc) is 2.37. The average molecular weight is 251 g/mol. The van der Waals surface area contributed by atoms with Crippen LogP contribution in [0.2, 0.25) is 0 Å². The van der Waals surface area contributed by atoms with Gasteiger partial charge in [-0.05, 0) is 19.1 Å². The maximum absolute atomic E-state index is 12.0. The monoisotopic (exact) mass is 251 g/mol. The molecule has 0 aliphatic carbocycles. The Bertz CT molecular complexity index is 460. The van der Waals surface area contributed by atoms with E-state index in [9.17, 15) is 9.59 Å². The number of likely N-dealkylation sites (N-methyl/N-ethyl adjacent to an activating group) is 1. The lowest BCUT2D eigenvalue weighted by Crippen LogP contribution is -2.43. The van der Waals surface area contributed by atoms with E-state index in [0.717, 1.165) is 0 Å². The summed E-state index contributed by atoms with van der Waals surface area (Å²) in [6.45, 7) is 1.60. The molecular weight excluding hydrogens is 234 g/mol. The van der Waals surface area contributed by atoms with Crippen LogP contribution in [-0.4, -0.2) is 32.0 Å². The van der Waals surface area contributed by atoms with Crippen LogP contribution in [-0.2, 0) is 4.79 Å². The number of ether oxygens (including phenoxy) is 1. The van der Waals surface area contributed by atoms with Gasteiger partial charge >= 0.3 is 0 Å². The lowest BCUT2D eigenvalue weighted by molar-refractivity contribution is -0.122. The molecule has 1 unspecified atom stereocenters. The minimum absolute atomic E-state index is 0.266. The van der Waals surface area contributed by atoms with Crippen molar-refractivity contribution in [2.24, 2.45) is 0 Å². The highest BCUT2D eigenvalue weighted by atomic mass is 16.5. The predicted molar refractivity (Wildman–Crippen MR) is 68.4 cm³/mol. The fourth-order valence-corrected chi connectivity index (χ4v) is 1.45. The minimum atomic E-state index is -0.621. The van der Waals surface area contributed by atoms with E-state index in [-0.39, 0.29) is 11.8 Å². The molecule has 0 saturated heterocycles. The molecule has 0 aliphatic heterocycles. The van der Waals surface area contributed by atoms with Crippen LogP contribution in [0, 0.1) is 0 Å². The van der Waals surface area contributed by atoms with Gasteiger partial charge in [0.05, 0.1) is 12.7 Å². The fourth-order valence-electron chi connectivity index (χ4n) is 1.45. The number of nitrogen functional groups attached to an aromatic ring is 1. The summed E-state index contributed by atoms with van der Waals surface area (Å²) in [6.07, 6.45) is 0. The van der Waals surface area contributed by atoms with Gasteiger partial charge in [-0.2, -0.15) is 0 Å². The topological polar surface area (TPSA) is 93.5 Å². The number of carbonyl (C=O) groups is 2. The molecule has 1 rings (SSSR count). The van der Waals surface area contributed by atoms with Crippen molar-refractivity contribution in [1.29, 1.82) is 0 Å². The van der Waals surface area contributed by atoms with E-state index in [4.69, 9.17) is 10.5 Å². The van der Waals surface area contributed by atoms with E-state index in [1.165, 1.54) is 14.2 Å². The summed E-state index contributed by atoms with van der Waals surface area (Å²) in [5, 5.41) is 5.02. The number of nitrogens with one attached hydrogen (secondary N) is 2. The third kappa shape index (κ3) is 3.13. The maximum Gasteiger partial charge on any atom is 0.255 e. The second-order valence-electron chi connectivity index (χ2n) is 3.77. The first-order valence-electron chi connectivity index (χ1n) is 5.45. The van der Waals surface area contributed by atoms with Gasteiger partial charge in [0.15, 0.2) is 0 Å². The van der Waals surface area contributed by atoms with E-state index < -0.39 is 6.04 Å². The lowest BCUT2D eigenvalue weighted by atomic mass is 10.1. The zero-order chi connectivity index (χ0) is 13.7. The largest absolute Gasteiger partial charge is 0.496 e. The van der Waals surface area contributed by atoms with E-state index in [1.807, 2.05) is 0 Å². The zero-order valence-corrected chi connectivity index (χ0v) is 10.6. The van der Waals surface area contributed by atoms with Crippen LogP contribution in [0.25, 0.3) is 0 Å². The Morgan fingerprint density at radius 2 is 2.06 bits per heavy atom. The molecule has 1 aromatic carbocycles. The smallest absolute Gasteiger partial charge is 0.255 e. The van der Waals surface area contributed by atoms with Crippen LogP contribution >= 0.6 is 0 Å². The Hall–Kier alpha value is -2.24. The Morgan fingerprint density at radius 3 is 2.61 bits per heavy atom. The molecule has 1 aromatic rings. The van der Waals surface area contributed by atoms with Crippen molar-refractivity contribution in [1.82, 2.24) is 10.6 Å². The fraction of sp³-hybridized carbons (Fsp3) is 0.333. The number of hydrogen-bond donors (Lipinski definition) is 3. The van der Waals surface area contributed by atoms with Gasteiger partial charge in [0.2, 0.25) is 5.91 Å².